The number of fused-ring (bicyclic) bond motifs is 1. The molecule has 3 amide bonds. The number of aliphatic hydroxyl groups is 1. The number of carbonyl (C=O) groups is 3. The molecule has 0 fully saturated rings. The minimum absolute atomic E-state index is 0.190. The molecule has 2 aromatic carbocycles. The fourth-order valence-corrected chi connectivity index (χ4v) is 4.10. The number of anilines is 1. The van der Waals surface area contributed by atoms with Gasteiger partial charge in [0.1, 0.15) is 5.75 Å². The second kappa shape index (κ2) is 11.9. The fraction of sp³-hybridized carbons (Fsp3) is 0.400. The van der Waals surface area contributed by atoms with Gasteiger partial charge in [0.15, 0.2) is 6.04 Å². The summed E-state index contributed by atoms with van der Waals surface area (Å²) >= 11 is 6.45. The third-order valence-electron chi connectivity index (χ3n) is 5.72. The lowest BCUT2D eigenvalue weighted by molar-refractivity contribution is -0.143. The summed E-state index contributed by atoms with van der Waals surface area (Å²) in [5.74, 6) is -0.465. The SMILES string of the molecule is CCCOc1ccc(C(=O)N2C[C@@H](C)N(C(=O)NC(CO)C(=O)OC)Cc3ccccc32)c(Cl)c1. The number of halogens is 1. The van der Waals surface area contributed by atoms with Gasteiger partial charge in [0.2, 0.25) is 0 Å². The lowest BCUT2D eigenvalue weighted by Crippen LogP contribution is -2.53. The van der Waals surface area contributed by atoms with Crippen LogP contribution in [0.2, 0.25) is 5.02 Å². The van der Waals surface area contributed by atoms with E-state index < -0.39 is 30.7 Å². The van der Waals surface area contributed by atoms with Crippen LogP contribution in [0.15, 0.2) is 42.5 Å². The summed E-state index contributed by atoms with van der Waals surface area (Å²) in [5, 5.41) is 12.3. The first-order valence-corrected chi connectivity index (χ1v) is 11.8. The molecule has 188 valence electrons. The summed E-state index contributed by atoms with van der Waals surface area (Å²) in [7, 11) is 1.18. The van der Waals surface area contributed by atoms with Gasteiger partial charge in [0.25, 0.3) is 5.91 Å². The molecule has 0 saturated carbocycles. The molecule has 2 N–H and O–H groups in total. The van der Waals surface area contributed by atoms with E-state index in [0.29, 0.717) is 23.6 Å². The van der Waals surface area contributed by atoms with E-state index in [4.69, 9.17) is 16.3 Å². The molecule has 3 rings (SSSR count). The maximum Gasteiger partial charge on any atom is 0.330 e. The molecule has 1 unspecified atom stereocenters. The van der Waals surface area contributed by atoms with Gasteiger partial charge >= 0.3 is 12.0 Å². The molecule has 0 aromatic heterocycles. The number of methoxy groups -OCH3 is 1. The standard InChI is InChI=1S/C25H30ClN3O6/c1-4-11-35-18-9-10-19(20(26)12-18)23(31)29-13-16(2)28(14-17-7-5-6-8-22(17)29)25(33)27-21(15-30)24(32)34-3/h5-10,12,16,21,30H,4,11,13-15H2,1-3H3,(H,27,33)/t16-,21?/m1/s1. The molecule has 0 bridgehead atoms. The average molecular weight is 504 g/mol. The van der Waals surface area contributed by atoms with E-state index in [1.165, 1.54) is 12.0 Å². The van der Waals surface area contributed by atoms with Crippen molar-refractivity contribution in [3.05, 3.63) is 58.6 Å². The lowest BCUT2D eigenvalue weighted by atomic mass is 10.1. The van der Waals surface area contributed by atoms with Crippen molar-refractivity contribution in [1.82, 2.24) is 10.2 Å². The molecular formula is C25H30ClN3O6. The predicted octanol–water partition coefficient (Wildman–Crippen LogP) is 3.22. The van der Waals surface area contributed by atoms with Crippen molar-refractivity contribution < 1.29 is 29.0 Å². The molecule has 1 heterocycles. The van der Waals surface area contributed by atoms with Crippen LogP contribution < -0.4 is 15.0 Å². The van der Waals surface area contributed by atoms with Gasteiger partial charge in [-0.3, -0.25) is 4.79 Å². The molecule has 9 nitrogen and oxygen atoms in total. The Balaban J connectivity index is 1.89. The zero-order valence-corrected chi connectivity index (χ0v) is 20.7. The number of aliphatic hydroxyl groups excluding tert-OH is 1. The maximum atomic E-state index is 13.6. The Morgan fingerprint density at radius 3 is 2.63 bits per heavy atom. The Bertz CT molecular complexity index is 1080. The number of nitrogens with zero attached hydrogens (tertiary/aromatic N) is 2. The Labute approximate surface area is 209 Å². The van der Waals surface area contributed by atoms with Gasteiger partial charge in [-0.1, -0.05) is 36.7 Å². The molecule has 2 aromatic rings. The van der Waals surface area contributed by atoms with E-state index in [1.807, 2.05) is 31.2 Å². The Morgan fingerprint density at radius 1 is 1.23 bits per heavy atom. The summed E-state index contributed by atoms with van der Waals surface area (Å²) < 4.78 is 10.2. The highest BCUT2D eigenvalue weighted by Crippen LogP contribution is 2.31. The first kappa shape index (κ1) is 26.3. The van der Waals surface area contributed by atoms with Crippen molar-refractivity contribution in [2.45, 2.75) is 38.9 Å². The monoisotopic (exact) mass is 503 g/mol. The summed E-state index contributed by atoms with van der Waals surface area (Å²) in [6.45, 7) is 4.14. The number of para-hydroxylation sites is 1. The van der Waals surface area contributed by atoms with Crippen molar-refractivity contribution >= 4 is 35.2 Å². The highest BCUT2D eigenvalue weighted by atomic mass is 35.5. The van der Waals surface area contributed by atoms with Crippen LogP contribution in [0.4, 0.5) is 10.5 Å². The van der Waals surface area contributed by atoms with Gasteiger partial charge in [0, 0.05) is 24.8 Å². The lowest BCUT2D eigenvalue weighted by Gasteiger charge is -2.30. The quantitative estimate of drug-likeness (QED) is 0.562. The Hall–Kier alpha value is -3.30. The highest BCUT2D eigenvalue weighted by Gasteiger charge is 2.33. The molecule has 0 saturated heterocycles. The van der Waals surface area contributed by atoms with E-state index in [2.05, 4.69) is 10.1 Å². The number of esters is 1. The number of nitrogens with one attached hydrogen (secondary N) is 1. The number of carbonyl (C=O) groups excluding carboxylic acids is 3. The minimum atomic E-state index is -1.19. The highest BCUT2D eigenvalue weighted by molar-refractivity contribution is 6.34. The third-order valence-corrected chi connectivity index (χ3v) is 6.03. The van der Waals surface area contributed by atoms with Gasteiger partial charge in [0.05, 0.1) is 30.9 Å². The van der Waals surface area contributed by atoms with E-state index in [0.717, 1.165) is 12.0 Å². The van der Waals surface area contributed by atoms with Crippen molar-refractivity contribution in [3.8, 4) is 5.75 Å². The first-order valence-electron chi connectivity index (χ1n) is 11.4. The van der Waals surface area contributed by atoms with Gasteiger partial charge in [-0.25, -0.2) is 9.59 Å². The van der Waals surface area contributed by atoms with E-state index in [9.17, 15) is 19.5 Å². The van der Waals surface area contributed by atoms with Gasteiger partial charge in [-0.2, -0.15) is 0 Å². The number of hydrogen-bond donors (Lipinski definition) is 2. The van der Waals surface area contributed by atoms with Crippen LogP contribution in [-0.2, 0) is 16.1 Å². The van der Waals surface area contributed by atoms with Crippen molar-refractivity contribution in [1.29, 1.82) is 0 Å². The Morgan fingerprint density at radius 2 is 1.97 bits per heavy atom. The fourth-order valence-electron chi connectivity index (χ4n) is 3.85. The van der Waals surface area contributed by atoms with Crippen LogP contribution in [0.3, 0.4) is 0 Å². The molecule has 2 atom stereocenters. The van der Waals surface area contributed by atoms with Crippen molar-refractivity contribution in [2.24, 2.45) is 0 Å². The van der Waals surface area contributed by atoms with Crippen LogP contribution in [-0.4, -0.2) is 66.9 Å². The number of urea groups is 1. The van der Waals surface area contributed by atoms with Crippen molar-refractivity contribution in [3.63, 3.8) is 0 Å². The Kier molecular flexibility index (Phi) is 8.95. The number of benzene rings is 2. The number of rotatable bonds is 7. The van der Waals surface area contributed by atoms with Crippen molar-refractivity contribution in [2.75, 3.05) is 31.8 Å². The second-order valence-corrected chi connectivity index (χ2v) is 8.63. The van der Waals surface area contributed by atoms with E-state index in [-0.39, 0.29) is 24.0 Å². The zero-order valence-electron chi connectivity index (χ0n) is 20.0. The summed E-state index contributed by atoms with van der Waals surface area (Å²) in [6.07, 6.45) is 0.851. The van der Waals surface area contributed by atoms with Crippen LogP contribution in [0.25, 0.3) is 0 Å². The van der Waals surface area contributed by atoms with Crippen LogP contribution in [0.5, 0.6) is 5.75 Å². The normalized spacial score (nSPS) is 16.1. The summed E-state index contributed by atoms with van der Waals surface area (Å²) in [6, 6.07) is 10.1. The molecule has 35 heavy (non-hydrogen) atoms. The maximum absolute atomic E-state index is 13.6. The molecule has 10 heteroatoms. The molecule has 0 radical (unpaired) electrons. The molecule has 1 aliphatic rings. The summed E-state index contributed by atoms with van der Waals surface area (Å²) in [4.78, 5) is 41.6. The zero-order chi connectivity index (χ0) is 25.5. The predicted molar refractivity (Wildman–Crippen MR) is 132 cm³/mol. The molecule has 0 spiro atoms. The van der Waals surface area contributed by atoms with Gasteiger partial charge in [-0.05, 0) is 43.2 Å². The number of amides is 3. The van der Waals surface area contributed by atoms with Crippen LogP contribution in [0, 0.1) is 0 Å². The molecule has 0 aliphatic carbocycles. The topological polar surface area (TPSA) is 108 Å². The van der Waals surface area contributed by atoms with E-state index >= 15 is 0 Å². The van der Waals surface area contributed by atoms with Gasteiger partial charge in [-0.15, -0.1) is 0 Å². The smallest absolute Gasteiger partial charge is 0.330 e. The third kappa shape index (κ3) is 6.04. The van der Waals surface area contributed by atoms with Gasteiger partial charge < -0.3 is 29.7 Å². The first-order chi connectivity index (χ1) is 16.8. The second-order valence-electron chi connectivity index (χ2n) is 8.22. The minimum Gasteiger partial charge on any atom is -0.494 e. The van der Waals surface area contributed by atoms with E-state index in [1.54, 1.807) is 30.0 Å². The van der Waals surface area contributed by atoms with Crippen LogP contribution in [0.1, 0.15) is 36.2 Å². The largest absolute Gasteiger partial charge is 0.494 e. The molecular weight excluding hydrogens is 474 g/mol. The average Bonchev–Trinajstić information content (AvgIpc) is 3.01. The van der Waals surface area contributed by atoms with Crippen LogP contribution >= 0.6 is 11.6 Å². The summed E-state index contributed by atoms with van der Waals surface area (Å²) in [5.41, 5.74) is 1.73. The number of ether oxygens (including phenoxy) is 2. The number of hydrogen-bond acceptors (Lipinski definition) is 6. The molecule has 1 aliphatic heterocycles.